The molecule has 0 saturated carbocycles. The fourth-order valence-corrected chi connectivity index (χ4v) is 2.58. The largest absolute Gasteiger partial charge is 0.444 e. The predicted octanol–water partition coefficient (Wildman–Crippen LogP) is 3.72. The lowest BCUT2D eigenvalue weighted by Gasteiger charge is -2.23. The van der Waals surface area contributed by atoms with Crippen LogP contribution in [-0.2, 0) is 20.7 Å². The molecule has 7 nitrogen and oxygen atoms in total. The lowest BCUT2D eigenvalue weighted by atomic mass is 10.1. The van der Waals surface area contributed by atoms with Crippen molar-refractivity contribution in [1.29, 1.82) is 0 Å². The van der Waals surface area contributed by atoms with Crippen LogP contribution in [0.25, 0.3) is 0 Å². The second-order valence-electron chi connectivity index (χ2n) is 7.64. The molecule has 3 N–H and O–H groups in total. The number of ether oxygens (including phenoxy) is 1. The summed E-state index contributed by atoms with van der Waals surface area (Å²) in [5.74, 6) is -0.543. The van der Waals surface area contributed by atoms with E-state index >= 15 is 0 Å². The van der Waals surface area contributed by atoms with Gasteiger partial charge in [0, 0.05) is 24.7 Å². The third-order valence-corrected chi connectivity index (χ3v) is 3.76. The molecule has 7 heteroatoms. The predicted molar refractivity (Wildman–Crippen MR) is 113 cm³/mol. The first kappa shape index (κ1) is 21.9. The molecule has 3 amide bonds. The quantitative estimate of drug-likeness (QED) is 0.692. The van der Waals surface area contributed by atoms with Gasteiger partial charge < -0.3 is 20.7 Å². The average Bonchev–Trinajstić information content (AvgIpc) is 2.61. The molecule has 0 fully saturated rings. The van der Waals surface area contributed by atoms with Crippen LogP contribution >= 0.6 is 0 Å². The number of anilines is 2. The third-order valence-electron chi connectivity index (χ3n) is 3.76. The van der Waals surface area contributed by atoms with Gasteiger partial charge in [0.05, 0.1) is 0 Å². The number of alkyl carbamates (subject to hydrolysis) is 1. The number of carbonyl (C=O) groups is 3. The number of hydrogen-bond acceptors (Lipinski definition) is 4. The van der Waals surface area contributed by atoms with Crippen LogP contribution in [-0.4, -0.2) is 29.6 Å². The maximum atomic E-state index is 12.8. The van der Waals surface area contributed by atoms with Gasteiger partial charge in [-0.15, -0.1) is 0 Å². The molecule has 0 saturated heterocycles. The minimum atomic E-state index is -0.817. The Morgan fingerprint density at radius 3 is 1.97 bits per heavy atom. The molecule has 0 aliphatic heterocycles. The molecule has 0 aliphatic rings. The topological polar surface area (TPSA) is 96.5 Å². The average molecular weight is 397 g/mol. The summed E-state index contributed by atoms with van der Waals surface area (Å²) in [6.07, 6.45) is -0.342. The van der Waals surface area contributed by atoms with E-state index in [1.54, 1.807) is 45.0 Å². The Labute approximate surface area is 170 Å². The van der Waals surface area contributed by atoms with Crippen molar-refractivity contribution in [3.63, 3.8) is 0 Å². The summed E-state index contributed by atoms with van der Waals surface area (Å²) in [7, 11) is 0. The Balaban J connectivity index is 2.10. The van der Waals surface area contributed by atoms with Crippen molar-refractivity contribution in [3.05, 3.63) is 60.2 Å². The zero-order valence-corrected chi connectivity index (χ0v) is 17.1. The van der Waals surface area contributed by atoms with Crippen LogP contribution in [0.3, 0.4) is 0 Å². The van der Waals surface area contributed by atoms with E-state index in [0.29, 0.717) is 17.8 Å². The maximum absolute atomic E-state index is 12.8. The molecular formula is C22H27N3O4. The normalized spacial score (nSPS) is 11.9. The molecule has 0 spiro atoms. The molecule has 0 aromatic heterocycles. The number of hydrogen-bond donors (Lipinski definition) is 3. The Bertz CT molecular complexity index is 843. The van der Waals surface area contributed by atoms with Gasteiger partial charge >= 0.3 is 6.09 Å². The highest BCUT2D eigenvalue weighted by Gasteiger charge is 2.24. The van der Waals surface area contributed by atoms with Gasteiger partial charge in [0.15, 0.2) is 0 Å². The van der Waals surface area contributed by atoms with Crippen LogP contribution in [0.4, 0.5) is 16.2 Å². The highest BCUT2D eigenvalue weighted by atomic mass is 16.6. The molecule has 0 radical (unpaired) electrons. The van der Waals surface area contributed by atoms with Crippen molar-refractivity contribution >= 4 is 29.3 Å². The van der Waals surface area contributed by atoms with E-state index in [9.17, 15) is 14.4 Å². The first-order valence-corrected chi connectivity index (χ1v) is 9.34. The Hall–Kier alpha value is -3.35. The maximum Gasteiger partial charge on any atom is 0.408 e. The zero-order valence-electron chi connectivity index (χ0n) is 17.1. The van der Waals surface area contributed by atoms with Crippen LogP contribution < -0.4 is 16.0 Å². The van der Waals surface area contributed by atoms with E-state index in [0.717, 1.165) is 5.56 Å². The lowest BCUT2D eigenvalue weighted by molar-refractivity contribution is -0.118. The number of benzene rings is 2. The molecule has 1 atom stereocenters. The minimum Gasteiger partial charge on any atom is -0.444 e. The second-order valence-corrected chi connectivity index (χ2v) is 7.64. The fourth-order valence-electron chi connectivity index (χ4n) is 2.58. The van der Waals surface area contributed by atoms with Crippen LogP contribution in [0, 0.1) is 0 Å². The molecule has 0 aliphatic carbocycles. The smallest absolute Gasteiger partial charge is 0.408 e. The fraction of sp³-hybridized carbons (Fsp3) is 0.318. The van der Waals surface area contributed by atoms with Gasteiger partial charge in [-0.25, -0.2) is 4.79 Å². The minimum absolute atomic E-state index is 0.175. The second kappa shape index (κ2) is 9.73. The van der Waals surface area contributed by atoms with Gasteiger partial charge in [0.25, 0.3) is 0 Å². The Morgan fingerprint density at radius 1 is 0.897 bits per heavy atom. The highest BCUT2D eigenvalue weighted by molar-refractivity contribution is 5.97. The SMILES string of the molecule is CC(=O)Nc1ccc(NC(=O)C(Cc2ccccc2)NC(=O)OC(C)(C)C)cc1. The lowest BCUT2D eigenvalue weighted by Crippen LogP contribution is -2.47. The first-order valence-electron chi connectivity index (χ1n) is 9.34. The molecule has 1 unspecified atom stereocenters. The van der Waals surface area contributed by atoms with Gasteiger partial charge in [-0.05, 0) is 50.6 Å². The molecule has 0 heterocycles. The van der Waals surface area contributed by atoms with E-state index in [2.05, 4.69) is 16.0 Å². The Morgan fingerprint density at radius 2 is 1.45 bits per heavy atom. The summed E-state index contributed by atoms with van der Waals surface area (Å²) >= 11 is 0. The van der Waals surface area contributed by atoms with Crippen LogP contribution in [0.5, 0.6) is 0 Å². The summed E-state index contributed by atoms with van der Waals surface area (Å²) in [5.41, 5.74) is 1.42. The van der Waals surface area contributed by atoms with Crippen LogP contribution in [0.2, 0.25) is 0 Å². The summed E-state index contributed by atoms with van der Waals surface area (Å²) in [6.45, 7) is 6.70. The summed E-state index contributed by atoms with van der Waals surface area (Å²) in [6, 6.07) is 15.3. The summed E-state index contributed by atoms with van der Waals surface area (Å²) in [5, 5.41) is 8.10. The van der Waals surface area contributed by atoms with Crippen LogP contribution in [0.15, 0.2) is 54.6 Å². The van der Waals surface area contributed by atoms with Gasteiger partial charge in [-0.2, -0.15) is 0 Å². The Kier molecular flexibility index (Phi) is 7.36. The molecule has 2 aromatic carbocycles. The standard InChI is InChI=1S/C22H27N3O4/c1-15(26)23-17-10-12-18(13-11-17)24-20(27)19(14-16-8-6-5-7-9-16)25-21(28)29-22(2,3)4/h5-13,19H,14H2,1-4H3,(H,23,26)(H,24,27)(H,25,28). The zero-order chi connectivity index (χ0) is 21.4. The van der Waals surface area contributed by atoms with E-state index in [4.69, 9.17) is 4.74 Å². The van der Waals surface area contributed by atoms with Crippen molar-refractivity contribution in [2.45, 2.75) is 45.8 Å². The van der Waals surface area contributed by atoms with E-state index < -0.39 is 17.7 Å². The molecular weight excluding hydrogens is 370 g/mol. The summed E-state index contributed by atoms with van der Waals surface area (Å²) in [4.78, 5) is 36.1. The number of amides is 3. The van der Waals surface area contributed by atoms with Crippen molar-refractivity contribution < 1.29 is 19.1 Å². The molecule has 154 valence electrons. The van der Waals surface area contributed by atoms with Crippen LogP contribution in [0.1, 0.15) is 33.3 Å². The van der Waals surface area contributed by atoms with E-state index in [1.807, 2.05) is 30.3 Å². The van der Waals surface area contributed by atoms with Crippen molar-refractivity contribution in [2.75, 3.05) is 10.6 Å². The first-order chi connectivity index (χ1) is 13.6. The molecule has 2 aromatic rings. The molecule has 2 rings (SSSR count). The van der Waals surface area contributed by atoms with E-state index in [1.165, 1.54) is 6.92 Å². The van der Waals surface area contributed by atoms with Crippen molar-refractivity contribution in [1.82, 2.24) is 5.32 Å². The van der Waals surface area contributed by atoms with Gasteiger partial charge in [0.1, 0.15) is 11.6 Å². The number of nitrogens with one attached hydrogen (secondary N) is 3. The highest BCUT2D eigenvalue weighted by Crippen LogP contribution is 2.15. The van der Waals surface area contributed by atoms with Crippen molar-refractivity contribution in [2.24, 2.45) is 0 Å². The number of rotatable bonds is 6. The molecule has 29 heavy (non-hydrogen) atoms. The van der Waals surface area contributed by atoms with E-state index in [-0.39, 0.29) is 11.8 Å². The van der Waals surface area contributed by atoms with Gasteiger partial charge in [0.2, 0.25) is 11.8 Å². The summed E-state index contributed by atoms with van der Waals surface area (Å²) < 4.78 is 5.29. The van der Waals surface area contributed by atoms with Crippen molar-refractivity contribution in [3.8, 4) is 0 Å². The van der Waals surface area contributed by atoms with Gasteiger partial charge in [-0.1, -0.05) is 30.3 Å². The molecule has 0 bridgehead atoms. The monoisotopic (exact) mass is 397 g/mol. The third kappa shape index (κ3) is 8.04. The number of carbonyl (C=O) groups excluding carboxylic acids is 3. The van der Waals surface area contributed by atoms with Gasteiger partial charge in [-0.3, -0.25) is 9.59 Å².